The van der Waals surface area contributed by atoms with E-state index in [0.717, 1.165) is 41.0 Å². The summed E-state index contributed by atoms with van der Waals surface area (Å²) in [7, 11) is 3.11. The summed E-state index contributed by atoms with van der Waals surface area (Å²) in [5.41, 5.74) is 5.83. The van der Waals surface area contributed by atoms with Crippen molar-refractivity contribution in [1.82, 2.24) is 4.57 Å². The topological polar surface area (TPSA) is 73.1 Å². The minimum Gasteiger partial charge on any atom is -0.503 e. The molecule has 1 atom stereocenters. The van der Waals surface area contributed by atoms with Gasteiger partial charge in [0.05, 0.1) is 35.5 Å². The number of methoxy groups -OCH3 is 2. The molecule has 2 heterocycles. The van der Waals surface area contributed by atoms with Gasteiger partial charge in [-0.3, -0.25) is 9.36 Å². The first-order valence-electron chi connectivity index (χ1n) is 11.8. The standard InChI is InChI=1S/C29H23ClN2O4S/c1-35-22-10-6-5-9-19(22)26-20-12-11-17-7-3-4-8-18(17)25(20)31-29-32(26)28(34)24(37-29)15-16-13-21(30)27(33)23(14-16)36-2/h3-10,13-15,26,33H,11-12H2,1-2H3/b24-15-/t26-/m1/s1. The molecule has 6 rings (SSSR count). The van der Waals surface area contributed by atoms with Crippen molar-refractivity contribution in [3.63, 3.8) is 0 Å². The van der Waals surface area contributed by atoms with E-state index in [4.69, 9.17) is 26.1 Å². The van der Waals surface area contributed by atoms with E-state index < -0.39 is 0 Å². The predicted octanol–water partition coefficient (Wildman–Crippen LogP) is 4.69. The van der Waals surface area contributed by atoms with Gasteiger partial charge in [-0.05, 0) is 53.8 Å². The van der Waals surface area contributed by atoms with Crippen LogP contribution < -0.4 is 24.4 Å². The van der Waals surface area contributed by atoms with Gasteiger partial charge in [0.2, 0.25) is 0 Å². The van der Waals surface area contributed by atoms with Gasteiger partial charge in [0, 0.05) is 11.1 Å². The lowest BCUT2D eigenvalue weighted by molar-refractivity contribution is 0.373. The third-order valence-electron chi connectivity index (χ3n) is 6.87. The normalized spacial score (nSPS) is 16.5. The number of nitrogens with zero attached hydrogens (tertiary/aromatic N) is 2. The number of halogens is 1. The third kappa shape index (κ3) is 3.86. The zero-order valence-corrected chi connectivity index (χ0v) is 21.8. The molecule has 6 nitrogen and oxygen atoms in total. The van der Waals surface area contributed by atoms with Crippen LogP contribution in [0.15, 0.2) is 76.0 Å². The van der Waals surface area contributed by atoms with Crippen molar-refractivity contribution in [1.29, 1.82) is 0 Å². The second-order valence-electron chi connectivity index (χ2n) is 8.91. The summed E-state index contributed by atoms with van der Waals surface area (Å²) in [6.07, 6.45) is 3.44. The number of ether oxygens (including phenoxy) is 2. The van der Waals surface area contributed by atoms with Gasteiger partial charge in [-0.2, -0.15) is 0 Å². The Labute approximate surface area is 222 Å². The number of rotatable bonds is 4. The average Bonchev–Trinajstić information content (AvgIpc) is 3.23. The number of fused-ring (bicyclic) bond motifs is 3. The van der Waals surface area contributed by atoms with E-state index in [9.17, 15) is 9.90 Å². The number of phenolic OH excluding ortho intramolecular Hbond substituents is 1. The molecular formula is C29H23ClN2O4S. The summed E-state index contributed by atoms with van der Waals surface area (Å²) in [6.45, 7) is 0. The summed E-state index contributed by atoms with van der Waals surface area (Å²) in [5, 5.41) is 10.3. The molecule has 0 unspecified atom stereocenters. The molecule has 3 aromatic carbocycles. The summed E-state index contributed by atoms with van der Waals surface area (Å²) >= 11 is 7.53. The fourth-order valence-corrected chi connectivity index (χ4v) is 6.40. The van der Waals surface area contributed by atoms with Crippen LogP contribution in [-0.2, 0) is 6.42 Å². The van der Waals surface area contributed by atoms with Gasteiger partial charge in [0.1, 0.15) is 5.75 Å². The Hall–Kier alpha value is -3.81. The Balaban J connectivity index is 1.63. The quantitative estimate of drug-likeness (QED) is 0.415. The first-order chi connectivity index (χ1) is 18.0. The van der Waals surface area contributed by atoms with Crippen LogP contribution in [0.25, 0.3) is 11.8 Å². The number of benzene rings is 3. The Morgan fingerprint density at radius 3 is 2.62 bits per heavy atom. The summed E-state index contributed by atoms with van der Waals surface area (Å²) in [4.78, 5) is 19.6. The van der Waals surface area contributed by atoms with E-state index in [-0.39, 0.29) is 28.1 Å². The molecule has 1 aromatic heterocycles. The number of allylic oxidation sites excluding steroid dienone is 1. The molecule has 2 aliphatic rings. The first-order valence-corrected chi connectivity index (χ1v) is 13.0. The van der Waals surface area contributed by atoms with Crippen LogP contribution in [0.3, 0.4) is 0 Å². The van der Waals surface area contributed by atoms with Crippen LogP contribution in [0, 0.1) is 0 Å². The molecule has 1 N–H and O–H groups in total. The number of thiazole rings is 1. The third-order valence-corrected chi connectivity index (χ3v) is 8.15. The lowest BCUT2D eigenvalue weighted by Gasteiger charge is -2.31. The van der Waals surface area contributed by atoms with Crippen molar-refractivity contribution in [3.8, 4) is 17.2 Å². The molecule has 0 fully saturated rings. The molecule has 0 bridgehead atoms. The highest BCUT2D eigenvalue weighted by Gasteiger charge is 2.34. The molecule has 0 amide bonds. The van der Waals surface area contributed by atoms with E-state index in [0.29, 0.717) is 14.9 Å². The highest BCUT2D eigenvalue weighted by molar-refractivity contribution is 7.07. The van der Waals surface area contributed by atoms with Crippen molar-refractivity contribution in [2.45, 2.75) is 18.9 Å². The largest absolute Gasteiger partial charge is 0.503 e. The Bertz CT molecular complexity index is 1770. The molecule has 37 heavy (non-hydrogen) atoms. The van der Waals surface area contributed by atoms with E-state index in [1.54, 1.807) is 29.9 Å². The minimum absolute atomic E-state index is 0.134. The maximum absolute atomic E-state index is 13.9. The zero-order chi connectivity index (χ0) is 25.7. The lowest BCUT2D eigenvalue weighted by atomic mass is 9.83. The van der Waals surface area contributed by atoms with Gasteiger partial charge in [-0.1, -0.05) is 65.4 Å². The van der Waals surface area contributed by atoms with Gasteiger partial charge in [0.15, 0.2) is 16.3 Å². The molecule has 4 aromatic rings. The van der Waals surface area contributed by atoms with E-state index in [1.807, 2.05) is 30.3 Å². The van der Waals surface area contributed by atoms with Crippen molar-refractivity contribution in [3.05, 3.63) is 113 Å². The molecule has 1 aliphatic carbocycles. The lowest BCUT2D eigenvalue weighted by Crippen LogP contribution is -2.39. The number of aromatic hydroxyl groups is 1. The zero-order valence-electron chi connectivity index (χ0n) is 20.2. The van der Waals surface area contributed by atoms with Gasteiger partial charge in [0.25, 0.3) is 5.56 Å². The maximum atomic E-state index is 13.9. The van der Waals surface area contributed by atoms with Crippen molar-refractivity contribution >= 4 is 34.7 Å². The van der Waals surface area contributed by atoms with Crippen LogP contribution in [0.5, 0.6) is 17.2 Å². The molecule has 0 radical (unpaired) electrons. The number of para-hydroxylation sites is 1. The molecule has 8 heteroatoms. The Morgan fingerprint density at radius 2 is 1.81 bits per heavy atom. The summed E-state index contributed by atoms with van der Waals surface area (Å²) < 4.78 is 13.3. The van der Waals surface area contributed by atoms with Crippen LogP contribution in [0.4, 0.5) is 0 Å². The van der Waals surface area contributed by atoms with Gasteiger partial charge >= 0.3 is 0 Å². The molecule has 0 saturated heterocycles. The smallest absolute Gasteiger partial charge is 0.271 e. The number of hydrogen-bond acceptors (Lipinski definition) is 6. The van der Waals surface area contributed by atoms with Gasteiger partial charge in [-0.25, -0.2) is 4.99 Å². The number of aryl methyl sites for hydroxylation is 1. The number of aromatic nitrogens is 1. The maximum Gasteiger partial charge on any atom is 0.271 e. The number of hydrogen-bond donors (Lipinski definition) is 1. The van der Waals surface area contributed by atoms with Crippen LogP contribution >= 0.6 is 22.9 Å². The highest BCUT2D eigenvalue weighted by atomic mass is 35.5. The molecule has 186 valence electrons. The van der Waals surface area contributed by atoms with Crippen molar-refractivity contribution in [2.75, 3.05) is 14.2 Å². The molecule has 0 spiro atoms. The van der Waals surface area contributed by atoms with E-state index in [2.05, 4.69) is 18.2 Å². The van der Waals surface area contributed by atoms with E-state index in [1.165, 1.54) is 24.0 Å². The molecule has 1 aliphatic heterocycles. The van der Waals surface area contributed by atoms with E-state index >= 15 is 0 Å². The van der Waals surface area contributed by atoms with Gasteiger partial charge < -0.3 is 14.6 Å². The van der Waals surface area contributed by atoms with Gasteiger partial charge in [-0.15, -0.1) is 0 Å². The first kappa shape index (κ1) is 23.6. The highest BCUT2D eigenvalue weighted by Crippen LogP contribution is 2.43. The van der Waals surface area contributed by atoms with Crippen molar-refractivity contribution in [2.24, 2.45) is 4.99 Å². The number of phenols is 1. The molecule has 0 saturated carbocycles. The second kappa shape index (κ2) is 9.25. The average molecular weight is 531 g/mol. The Morgan fingerprint density at radius 1 is 1.05 bits per heavy atom. The Kier molecular flexibility index (Phi) is 5.89. The second-order valence-corrected chi connectivity index (χ2v) is 10.3. The minimum atomic E-state index is -0.337. The van der Waals surface area contributed by atoms with Crippen LogP contribution in [-0.4, -0.2) is 23.9 Å². The molecular weight excluding hydrogens is 508 g/mol. The predicted molar refractivity (Wildman–Crippen MR) is 145 cm³/mol. The SMILES string of the molecule is COc1ccccc1[C@@H]1C2=C(N=c3s/c(=C\c4cc(Cl)c(O)c(OC)c4)c(=O)n31)c1ccccc1CC2. The monoisotopic (exact) mass is 530 g/mol. The van der Waals surface area contributed by atoms with Crippen LogP contribution in [0.2, 0.25) is 5.02 Å². The van der Waals surface area contributed by atoms with Crippen LogP contribution in [0.1, 0.15) is 34.7 Å². The summed E-state index contributed by atoms with van der Waals surface area (Å²) in [5.74, 6) is 0.834. The fourth-order valence-electron chi connectivity index (χ4n) is 5.18. The van der Waals surface area contributed by atoms with Crippen molar-refractivity contribution < 1.29 is 14.6 Å². The fraction of sp³-hybridized carbons (Fsp3) is 0.172. The summed E-state index contributed by atoms with van der Waals surface area (Å²) in [6, 6.07) is 19.1.